The molecule has 22 nitrogen and oxygen atoms in total. The number of nitrogens with zero attached hydrogens (tertiary/aromatic N) is 8. The second kappa shape index (κ2) is 31.2. The van der Waals surface area contributed by atoms with Gasteiger partial charge < -0.3 is 57.1 Å². The van der Waals surface area contributed by atoms with Crippen LogP contribution in [0.15, 0.2) is 218 Å². The molecule has 0 spiro atoms. The SMILES string of the molecule is COc1ccc(-c2nc3c(c(=O)n(C)c(=O)n3C)n2Cc2ccc(OCc3ccccc3)c(OCc3ccccc3)c2)cc1OC.COc1ccc(B(O)O)cc1OC.Cn1c(=O)c2c(nc(Br)n2Cc2ccc(OCc3ccccc3)c(OCc3ccccc3)c2)n(C)c1=O. The Morgan fingerprint density at radius 3 is 1.17 bits per heavy atom. The maximum absolute atomic E-state index is 13.6. The normalized spacial score (nSPS) is 10.9. The van der Waals surface area contributed by atoms with Gasteiger partial charge in [0.1, 0.15) is 32.3 Å². The fraction of sp³-hybridized carbons (Fsp3) is 0.194. The van der Waals surface area contributed by atoms with E-state index < -0.39 is 29.6 Å². The molecule has 0 aliphatic heterocycles. The third-order valence-corrected chi connectivity index (χ3v) is 16.2. The van der Waals surface area contributed by atoms with Crippen LogP contribution in [0.5, 0.6) is 46.0 Å². The molecule has 96 heavy (non-hydrogen) atoms. The zero-order valence-electron chi connectivity index (χ0n) is 54.0. The van der Waals surface area contributed by atoms with E-state index in [-0.39, 0.29) is 12.2 Å². The van der Waals surface area contributed by atoms with Crippen LogP contribution in [-0.2, 0) is 67.7 Å². The molecule has 8 aromatic carbocycles. The van der Waals surface area contributed by atoms with E-state index in [1.807, 2.05) is 168 Å². The number of rotatable bonds is 22. The predicted molar refractivity (Wildman–Crippen MR) is 370 cm³/mol. The summed E-state index contributed by atoms with van der Waals surface area (Å²) >= 11 is 3.46. The maximum Gasteiger partial charge on any atom is 0.488 e. The highest BCUT2D eigenvalue weighted by atomic mass is 79.9. The van der Waals surface area contributed by atoms with Gasteiger partial charge in [0.05, 0.1) is 41.5 Å². The summed E-state index contributed by atoms with van der Waals surface area (Å²) in [6.45, 7) is 2.11. The first kappa shape index (κ1) is 67.8. The average molecular weight is 1360 g/mol. The fourth-order valence-corrected chi connectivity index (χ4v) is 10.9. The van der Waals surface area contributed by atoms with Crippen molar-refractivity contribution >= 4 is 50.8 Å². The van der Waals surface area contributed by atoms with Gasteiger partial charge in [-0.15, -0.1) is 0 Å². The zero-order valence-corrected chi connectivity index (χ0v) is 55.6. The van der Waals surface area contributed by atoms with Crippen LogP contribution in [0.2, 0.25) is 0 Å². The number of fused-ring (bicyclic) bond motifs is 2. The standard InChI is InChI=1S/C36H34N4O6.C28H25BrN4O4.C8H11BO4/c1-38-34-32(35(41)39(2)36(38)42)40(33(37-34)27-16-18-28(43-3)30(20-27)44-4)21-26-15-17-29(45-22-24-11-7-5-8-12-24)31(19-26)46-23-25-13-9-6-10-14-25;1-31-25-24(26(34)32(2)28(31)35)33(27(29)30-25)16-21-13-14-22(36-17-19-9-5-3-6-10-19)23(15-21)37-18-20-11-7-4-8-12-20;1-12-7-4-3-6(9(10)11)5-8(7)13-2/h5-20H,21-23H2,1-4H3;3-15H,16-18H2,1-2H3;3-5,10-11H,1-2H3. The van der Waals surface area contributed by atoms with Gasteiger partial charge in [-0.05, 0) is 109 Å². The van der Waals surface area contributed by atoms with Gasteiger partial charge in [-0.3, -0.25) is 27.9 Å². The summed E-state index contributed by atoms with van der Waals surface area (Å²) in [5.74, 6) is 4.98. The van der Waals surface area contributed by atoms with Crippen LogP contribution in [0, 0.1) is 0 Å². The topological polar surface area (TPSA) is 238 Å². The smallest absolute Gasteiger partial charge is 0.488 e. The molecule has 0 amide bonds. The minimum atomic E-state index is -1.49. The molecule has 0 bridgehead atoms. The van der Waals surface area contributed by atoms with Gasteiger partial charge >= 0.3 is 18.5 Å². The van der Waals surface area contributed by atoms with Crippen LogP contribution in [0.3, 0.4) is 0 Å². The first-order valence-electron chi connectivity index (χ1n) is 30.2. The van der Waals surface area contributed by atoms with Crippen molar-refractivity contribution in [3.63, 3.8) is 0 Å². The molecular formula is C72H70BBrN8O14. The van der Waals surface area contributed by atoms with E-state index in [1.54, 1.807) is 57.1 Å². The van der Waals surface area contributed by atoms with E-state index in [4.69, 9.17) is 52.9 Å². The summed E-state index contributed by atoms with van der Waals surface area (Å²) in [6, 6.07) is 61.2. The number of halogens is 1. The molecule has 24 heteroatoms. The summed E-state index contributed by atoms with van der Waals surface area (Å²) in [4.78, 5) is 61.0. The zero-order chi connectivity index (χ0) is 68.0. The van der Waals surface area contributed by atoms with Crippen LogP contribution in [0.1, 0.15) is 33.4 Å². The summed E-state index contributed by atoms with van der Waals surface area (Å²) in [5.41, 5.74) is 6.42. The quantitative estimate of drug-likeness (QED) is 0.0475. The Balaban J connectivity index is 0.000000179. The molecule has 0 aliphatic carbocycles. The molecule has 4 aromatic heterocycles. The Morgan fingerprint density at radius 1 is 0.385 bits per heavy atom. The number of aryl methyl sites for hydroxylation is 2. The van der Waals surface area contributed by atoms with Crippen molar-refractivity contribution < 1.29 is 47.9 Å². The van der Waals surface area contributed by atoms with Crippen molar-refractivity contribution in [1.82, 2.24) is 37.4 Å². The lowest BCUT2D eigenvalue weighted by atomic mass is 9.80. The molecule has 0 unspecified atom stereocenters. The molecule has 0 saturated carbocycles. The highest BCUT2D eigenvalue weighted by Crippen LogP contribution is 2.36. The average Bonchev–Trinajstić information content (AvgIpc) is 1.60. The summed E-state index contributed by atoms with van der Waals surface area (Å²) in [6.07, 6.45) is 0. The maximum atomic E-state index is 13.6. The molecule has 0 saturated heterocycles. The molecule has 4 heterocycles. The van der Waals surface area contributed by atoms with Gasteiger partial charge in [0.25, 0.3) is 11.1 Å². The van der Waals surface area contributed by atoms with Crippen LogP contribution in [0.25, 0.3) is 33.7 Å². The van der Waals surface area contributed by atoms with Crippen LogP contribution in [-0.4, -0.2) is 83.0 Å². The van der Waals surface area contributed by atoms with Crippen molar-refractivity contribution in [2.75, 3.05) is 28.4 Å². The Labute approximate surface area is 560 Å². The second-order valence-corrected chi connectivity index (χ2v) is 22.7. The van der Waals surface area contributed by atoms with E-state index in [1.165, 1.54) is 43.5 Å². The molecule has 0 fully saturated rings. The monoisotopic (exact) mass is 1360 g/mol. The Hall–Kier alpha value is -11.1. The lowest BCUT2D eigenvalue weighted by Gasteiger charge is -2.16. The van der Waals surface area contributed by atoms with Crippen molar-refractivity contribution in [3.05, 3.63) is 274 Å². The van der Waals surface area contributed by atoms with Crippen molar-refractivity contribution in [1.29, 1.82) is 0 Å². The molecule has 0 radical (unpaired) electrons. The fourth-order valence-electron chi connectivity index (χ4n) is 10.4. The lowest BCUT2D eigenvalue weighted by molar-refractivity contribution is 0.255. The highest BCUT2D eigenvalue weighted by Gasteiger charge is 2.24. The van der Waals surface area contributed by atoms with Crippen LogP contribution in [0.4, 0.5) is 0 Å². The first-order valence-corrected chi connectivity index (χ1v) is 31.0. The number of imidazole rings is 2. The molecule has 0 atom stereocenters. The molecule has 492 valence electrons. The first-order chi connectivity index (χ1) is 46.5. The highest BCUT2D eigenvalue weighted by molar-refractivity contribution is 9.10. The minimum absolute atomic E-state index is 0.258. The summed E-state index contributed by atoms with van der Waals surface area (Å²) in [5, 5.41) is 17.7. The summed E-state index contributed by atoms with van der Waals surface area (Å²) < 4.78 is 54.7. The van der Waals surface area contributed by atoms with Gasteiger partial charge in [-0.1, -0.05) is 140 Å². The van der Waals surface area contributed by atoms with Crippen molar-refractivity contribution in [3.8, 4) is 57.4 Å². The number of ether oxygens (including phenoxy) is 8. The van der Waals surface area contributed by atoms with Gasteiger partial charge in [-0.25, -0.2) is 19.6 Å². The number of aromatic nitrogens is 8. The largest absolute Gasteiger partial charge is 0.493 e. The lowest BCUT2D eigenvalue weighted by Crippen LogP contribution is -2.37. The second-order valence-electron chi connectivity index (χ2n) is 22.0. The van der Waals surface area contributed by atoms with E-state index in [9.17, 15) is 19.2 Å². The third-order valence-electron chi connectivity index (χ3n) is 15.6. The number of methoxy groups -OCH3 is 4. The molecule has 12 aromatic rings. The van der Waals surface area contributed by atoms with Crippen LogP contribution < -0.4 is 65.9 Å². The minimum Gasteiger partial charge on any atom is -0.493 e. The van der Waals surface area contributed by atoms with Crippen LogP contribution >= 0.6 is 15.9 Å². The van der Waals surface area contributed by atoms with Gasteiger partial charge in [-0.2, -0.15) is 0 Å². The molecular weight excluding hydrogens is 1290 g/mol. The van der Waals surface area contributed by atoms with Gasteiger partial charge in [0.2, 0.25) is 0 Å². The van der Waals surface area contributed by atoms with E-state index in [0.29, 0.717) is 117 Å². The Kier molecular flexibility index (Phi) is 22.1. The summed E-state index contributed by atoms with van der Waals surface area (Å²) in [7, 11) is 10.8. The molecule has 2 N–H and O–H groups in total. The van der Waals surface area contributed by atoms with E-state index >= 15 is 0 Å². The number of hydrogen-bond donors (Lipinski definition) is 2. The third kappa shape index (κ3) is 15.6. The van der Waals surface area contributed by atoms with Gasteiger partial charge in [0, 0.05) is 33.8 Å². The van der Waals surface area contributed by atoms with Crippen molar-refractivity contribution in [2.24, 2.45) is 28.2 Å². The predicted octanol–water partition coefficient (Wildman–Crippen LogP) is 9.11. The molecule has 12 rings (SSSR count). The van der Waals surface area contributed by atoms with E-state index in [0.717, 1.165) is 42.5 Å². The van der Waals surface area contributed by atoms with Crippen molar-refractivity contribution in [2.45, 2.75) is 39.5 Å². The molecule has 0 aliphatic rings. The number of benzene rings is 8. The number of hydrogen-bond acceptors (Lipinski definition) is 16. The van der Waals surface area contributed by atoms with E-state index in [2.05, 4.69) is 20.9 Å². The Bertz CT molecular complexity index is 4920. The van der Waals surface area contributed by atoms with Gasteiger partial charge in [0.15, 0.2) is 73.1 Å². The Morgan fingerprint density at radius 2 is 0.750 bits per heavy atom.